The fraction of sp³-hybridized carbons (Fsp3) is 0.571. The van der Waals surface area contributed by atoms with Crippen molar-refractivity contribution in [2.45, 2.75) is 32.1 Å². The second-order valence-corrected chi connectivity index (χ2v) is 5.96. The van der Waals surface area contributed by atoms with E-state index in [0.29, 0.717) is 5.92 Å². The summed E-state index contributed by atoms with van der Waals surface area (Å²) in [6, 6.07) is 7.84. The molecule has 0 saturated carbocycles. The summed E-state index contributed by atoms with van der Waals surface area (Å²) < 4.78 is 0.978. The maximum Gasteiger partial charge on any atom is 0.0550 e. The van der Waals surface area contributed by atoms with E-state index in [1.807, 2.05) is 24.3 Å². The molecule has 96 valence electrons. The van der Waals surface area contributed by atoms with E-state index in [4.69, 9.17) is 0 Å². The molecule has 2 N–H and O–H groups in total. The normalized spacial score (nSPS) is 12.1. The van der Waals surface area contributed by atoms with E-state index in [2.05, 4.69) is 29.8 Å². The minimum absolute atomic E-state index is 0.0212. The first-order valence-corrected chi connectivity index (χ1v) is 6.81. The van der Waals surface area contributed by atoms with Crippen LogP contribution in [0, 0.1) is 5.92 Å². The molecule has 0 aliphatic rings. The second kappa shape index (κ2) is 6.53. The molecule has 0 amide bonds. The predicted octanol–water partition coefficient (Wildman–Crippen LogP) is 3.11. The first kappa shape index (κ1) is 14.7. The van der Waals surface area contributed by atoms with Gasteiger partial charge < -0.3 is 10.2 Å². The highest BCUT2D eigenvalue weighted by Crippen LogP contribution is 2.31. The van der Waals surface area contributed by atoms with Crippen LogP contribution in [0.25, 0.3) is 0 Å². The summed E-state index contributed by atoms with van der Waals surface area (Å²) in [5.74, 6) is 0.569. The fourth-order valence-corrected chi connectivity index (χ4v) is 2.32. The van der Waals surface area contributed by atoms with Gasteiger partial charge in [-0.05, 0) is 36.5 Å². The number of hydrogen-bond acceptors (Lipinski definition) is 2. The van der Waals surface area contributed by atoms with Gasteiger partial charge in [-0.2, -0.15) is 0 Å². The van der Waals surface area contributed by atoms with Gasteiger partial charge in [-0.15, -0.1) is 0 Å². The summed E-state index contributed by atoms with van der Waals surface area (Å²) in [5, 5.41) is 19.3. The zero-order valence-corrected chi connectivity index (χ0v) is 12.1. The Morgan fingerprint density at radius 1 is 1.24 bits per heavy atom. The third-order valence-electron chi connectivity index (χ3n) is 3.24. The van der Waals surface area contributed by atoms with E-state index in [1.165, 1.54) is 0 Å². The lowest BCUT2D eigenvalue weighted by atomic mass is 9.77. The molecule has 0 aromatic heterocycles. The van der Waals surface area contributed by atoms with Gasteiger partial charge in [0.15, 0.2) is 0 Å². The molecule has 3 heteroatoms. The van der Waals surface area contributed by atoms with Crippen LogP contribution in [0.5, 0.6) is 0 Å². The van der Waals surface area contributed by atoms with Crippen molar-refractivity contribution in [3.63, 3.8) is 0 Å². The van der Waals surface area contributed by atoms with Gasteiger partial charge >= 0.3 is 0 Å². The van der Waals surface area contributed by atoms with E-state index in [1.54, 1.807) is 0 Å². The van der Waals surface area contributed by atoms with Gasteiger partial charge in [0.05, 0.1) is 13.2 Å². The molecule has 0 radical (unpaired) electrons. The van der Waals surface area contributed by atoms with E-state index >= 15 is 0 Å². The molecule has 0 atom stereocenters. The molecule has 0 spiro atoms. The quantitative estimate of drug-likeness (QED) is 0.847. The zero-order valence-electron chi connectivity index (χ0n) is 10.5. The van der Waals surface area contributed by atoms with Crippen LogP contribution in [0.2, 0.25) is 0 Å². The van der Waals surface area contributed by atoms with Crippen LogP contribution in [0.15, 0.2) is 28.7 Å². The lowest BCUT2D eigenvalue weighted by Gasteiger charge is -2.31. The fourth-order valence-electron chi connectivity index (χ4n) is 1.92. The van der Waals surface area contributed by atoms with E-state index < -0.39 is 5.41 Å². The lowest BCUT2D eigenvalue weighted by molar-refractivity contribution is 0.104. The Morgan fingerprint density at radius 2 is 1.88 bits per heavy atom. The van der Waals surface area contributed by atoms with Gasteiger partial charge in [0, 0.05) is 9.89 Å². The molecule has 0 aliphatic heterocycles. The Kier molecular flexibility index (Phi) is 5.63. The highest BCUT2D eigenvalue weighted by molar-refractivity contribution is 9.10. The smallest absolute Gasteiger partial charge is 0.0550 e. The average molecular weight is 301 g/mol. The first-order chi connectivity index (χ1) is 8.04. The zero-order chi connectivity index (χ0) is 12.9. The molecule has 2 nitrogen and oxygen atoms in total. The van der Waals surface area contributed by atoms with Gasteiger partial charge in [0.25, 0.3) is 0 Å². The Bertz CT molecular complexity index is 346. The van der Waals surface area contributed by atoms with E-state index in [-0.39, 0.29) is 13.2 Å². The molecule has 0 aliphatic carbocycles. The summed E-state index contributed by atoms with van der Waals surface area (Å²) in [7, 11) is 0. The van der Waals surface area contributed by atoms with Crippen molar-refractivity contribution in [2.24, 2.45) is 5.92 Å². The molecule has 0 saturated heterocycles. The summed E-state index contributed by atoms with van der Waals surface area (Å²) in [6.07, 6.45) is 1.79. The predicted molar refractivity (Wildman–Crippen MR) is 74.1 cm³/mol. The molecular weight excluding hydrogens is 280 g/mol. The topological polar surface area (TPSA) is 40.5 Å². The minimum Gasteiger partial charge on any atom is -0.395 e. The molecule has 17 heavy (non-hydrogen) atoms. The molecule has 0 heterocycles. The Hall–Kier alpha value is -0.380. The minimum atomic E-state index is -0.520. The standard InChI is InChI=1S/C14H21BrO2/c1-11(2)6-7-14(9-16,10-17)12-4-3-5-13(15)8-12/h3-5,8,11,16-17H,6-7,9-10H2,1-2H3. The number of hydrogen-bond donors (Lipinski definition) is 2. The van der Waals surface area contributed by atoms with Crippen LogP contribution in [0.1, 0.15) is 32.3 Å². The number of rotatable bonds is 6. The number of aliphatic hydroxyl groups is 2. The van der Waals surface area contributed by atoms with Crippen molar-refractivity contribution in [2.75, 3.05) is 13.2 Å². The first-order valence-electron chi connectivity index (χ1n) is 6.02. The van der Waals surface area contributed by atoms with Crippen LogP contribution < -0.4 is 0 Å². The van der Waals surface area contributed by atoms with Crippen LogP contribution in [0.4, 0.5) is 0 Å². The SMILES string of the molecule is CC(C)CCC(CO)(CO)c1cccc(Br)c1. The van der Waals surface area contributed by atoms with Gasteiger partial charge in [-0.25, -0.2) is 0 Å². The lowest BCUT2D eigenvalue weighted by Crippen LogP contribution is -2.35. The second-order valence-electron chi connectivity index (χ2n) is 5.04. The monoisotopic (exact) mass is 300 g/mol. The van der Waals surface area contributed by atoms with Crippen molar-refractivity contribution < 1.29 is 10.2 Å². The highest BCUT2D eigenvalue weighted by Gasteiger charge is 2.30. The van der Waals surface area contributed by atoms with E-state index in [0.717, 1.165) is 22.9 Å². The summed E-state index contributed by atoms with van der Waals surface area (Å²) in [5.41, 5.74) is 0.478. The summed E-state index contributed by atoms with van der Waals surface area (Å²) >= 11 is 3.43. The van der Waals surface area contributed by atoms with Crippen LogP contribution in [0.3, 0.4) is 0 Å². The van der Waals surface area contributed by atoms with Crippen LogP contribution in [-0.4, -0.2) is 23.4 Å². The average Bonchev–Trinajstić information content (AvgIpc) is 2.31. The molecule has 0 fully saturated rings. The molecular formula is C14H21BrO2. The highest BCUT2D eigenvalue weighted by atomic mass is 79.9. The van der Waals surface area contributed by atoms with Crippen molar-refractivity contribution in [1.82, 2.24) is 0 Å². The molecule has 1 aromatic rings. The van der Waals surface area contributed by atoms with Gasteiger partial charge in [-0.1, -0.05) is 41.9 Å². The van der Waals surface area contributed by atoms with Crippen molar-refractivity contribution in [3.05, 3.63) is 34.3 Å². The maximum absolute atomic E-state index is 9.66. The van der Waals surface area contributed by atoms with Crippen LogP contribution in [-0.2, 0) is 5.41 Å². The van der Waals surface area contributed by atoms with Gasteiger partial charge in [0.1, 0.15) is 0 Å². The molecule has 0 unspecified atom stereocenters. The molecule has 1 aromatic carbocycles. The van der Waals surface area contributed by atoms with Gasteiger partial charge in [0.2, 0.25) is 0 Å². The van der Waals surface area contributed by atoms with Crippen molar-refractivity contribution in [3.8, 4) is 0 Å². The third-order valence-corrected chi connectivity index (χ3v) is 3.74. The van der Waals surface area contributed by atoms with Crippen LogP contribution >= 0.6 is 15.9 Å². The number of aliphatic hydroxyl groups excluding tert-OH is 2. The van der Waals surface area contributed by atoms with Crippen molar-refractivity contribution in [1.29, 1.82) is 0 Å². The number of halogens is 1. The maximum atomic E-state index is 9.66. The Balaban J connectivity index is 2.97. The summed E-state index contributed by atoms with van der Waals surface area (Å²) in [4.78, 5) is 0. The van der Waals surface area contributed by atoms with Gasteiger partial charge in [-0.3, -0.25) is 0 Å². The Labute approximate surface area is 112 Å². The summed E-state index contributed by atoms with van der Waals surface area (Å²) in [6.45, 7) is 4.26. The molecule has 1 rings (SSSR count). The van der Waals surface area contributed by atoms with E-state index in [9.17, 15) is 10.2 Å². The largest absolute Gasteiger partial charge is 0.395 e. The Morgan fingerprint density at radius 3 is 2.35 bits per heavy atom. The number of benzene rings is 1. The van der Waals surface area contributed by atoms with Crippen molar-refractivity contribution >= 4 is 15.9 Å². The molecule has 0 bridgehead atoms. The third kappa shape index (κ3) is 3.80.